The first-order valence-electron chi connectivity index (χ1n) is 8.22. The fourth-order valence-corrected chi connectivity index (χ4v) is 4.49. The summed E-state index contributed by atoms with van der Waals surface area (Å²) in [6.07, 6.45) is -1.21. The lowest BCUT2D eigenvalue weighted by Gasteiger charge is -2.26. The third-order valence-corrected chi connectivity index (χ3v) is 6.33. The van der Waals surface area contributed by atoms with E-state index in [0.29, 0.717) is 6.54 Å². The predicted octanol–water partition coefficient (Wildman–Crippen LogP) is 0.712. The second-order valence-corrected chi connectivity index (χ2v) is 8.40. The molecule has 2 atom stereocenters. The van der Waals surface area contributed by atoms with E-state index in [2.05, 4.69) is 5.32 Å². The molecular formula is C18H21FN2O4S. The largest absolute Gasteiger partial charge is 0.389 e. The van der Waals surface area contributed by atoms with Gasteiger partial charge in [0, 0.05) is 26.2 Å². The maximum atomic E-state index is 12.9. The fraction of sp³-hybridized carbons (Fsp3) is 0.333. The van der Waals surface area contributed by atoms with Gasteiger partial charge in [-0.25, -0.2) is 12.8 Å². The molecule has 6 nitrogen and oxygen atoms in total. The standard InChI is InChI=1S/C18H21FN2O4S/c19-15-8-6-14(7-9-15)10-20-12-18(23)13-21(11-17(18)22)26(24,25)16-4-2-1-3-5-16/h1-9,17,20,22-23H,10-13H2/t17-,18+/m1/s1. The number of rotatable bonds is 6. The number of halogens is 1. The van der Waals surface area contributed by atoms with Crippen LogP contribution in [0.5, 0.6) is 0 Å². The van der Waals surface area contributed by atoms with E-state index in [1.165, 1.54) is 24.3 Å². The van der Waals surface area contributed by atoms with Crippen LogP contribution in [0.15, 0.2) is 59.5 Å². The normalized spacial score (nSPS) is 24.0. The van der Waals surface area contributed by atoms with Crippen molar-refractivity contribution in [1.29, 1.82) is 0 Å². The Morgan fingerprint density at radius 1 is 1.15 bits per heavy atom. The van der Waals surface area contributed by atoms with E-state index in [1.807, 2.05) is 0 Å². The number of hydrogen-bond donors (Lipinski definition) is 3. The van der Waals surface area contributed by atoms with E-state index in [9.17, 15) is 23.0 Å². The number of aliphatic hydroxyl groups excluding tert-OH is 1. The van der Waals surface area contributed by atoms with E-state index < -0.39 is 21.7 Å². The lowest BCUT2D eigenvalue weighted by Crippen LogP contribution is -2.50. The zero-order valence-corrected chi connectivity index (χ0v) is 14.9. The Morgan fingerprint density at radius 3 is 2.46 bits per heavy atom. The quantitative estimate of drug-likeness (QED) is 0.687. The Labute approximate surface area is 151 Å². The minimum absolute atomic E-state index is 0.00630. The van der Waals surface area contributed by atoms with Gasteiger partial charge in [-0.15, -0.1) is 0 Å². The summed E-state index contributed by atoms with van der Waals surface area (Å²) < 4.78 is 39.3. The molecule has 1 aliphatic heterocycles. The Kier molecular flexibility index (Phi) is 5.40. The highest BCUT2D eigenvalue weighted by molar-refractivity contribution is 7.89. The van der Waals surface area contributed by atoms with Gasteiger partial charge in [0.15, 0.2) is 0 Å². The number of nitrogens with one attached hydrogen (secondary N) is 1. The number of sulfonamides is 1. The molecule has 0 unspecified atom stereocenters. The van der Waals surface area contributed by atoms with Gasteiger partial charge in [-0.1, -0.05) is 30.3 Å². The first-order chi connectivity index (χ1) is 12.3. The Bertz CT molecular complexity index is 845. The Hall–Kier alpha value is -1.84. The van der Waals surface area contributed by atoms with Crippen LogP contribution in [0.4, 0.5) is 4.39 Å². The summed E-state index contributed by atoms with van der Waals surface area (Å²) in [5.74, 6) is -0.333. The number of hydrogen-bond acceptors (Lipinski definition) is 5. The van der Waals surface area contributed by atoms with Crippen LogP contribution >= 0.6 is 0 Å². The van der Waals surface area contributed by atoms with Crippen molar-refractivity contribution in [3.8, 4) is 0 Å². The molecule has 0 aromatic heterocycles. The molecule has 0 saturated carbocycles. The third kappa shape index (κ3) is 3.94. The summed E-state index contributed by atoms with van der Waals surface area (Å²) in [6.45, 7) is -0.0130. The van der Waals surface area contributed by atoms with Crippen molar-refractivity contribution in [3.63, 3.8) is 0 Å². The van der Waals surface area contributed by atoms with Crippen molar-refractivity contribution in [1.82, 2.24) is 9.62 Å². The van der Waals surface area contributed by atoms with Crippen LogP contribution in [0.2, 0.25) is 0 Å². The van der Waals surface area contributed by atoms with Gasteiger partial charge in [0.2, 0.25) is 10.0 Å². The van der Waals surface area contributed by atoms with Crippen molar-refractivity contribution in [2.45, 2.75) is 23.1 Å². The van der Waals surface area contributed by atoms with Crippen LogP contribution in [-0.4, -0.2) is 54.3 Å². The highest BCUT2D eigenvalue weighted by Crippen LogP contribution is 2.27. The molecule has 8 heteroatoms. The van der Waals surface area contributed by atoms with Crippen molar-refractivity contribution in [2.24, 2.45) is 0 Å². The zero-order chi connectivity index (χ0) is 18.8. The summed E-state index contributed by atoms with van der Waals surface area (Å²) in [5.41, 5.74) is -0.779. The molecule has 1 heterocycles. The van der Waals surface area contributed by atoms with Crippen LogP contribution in [0.3, 0.4) is 0 Å². The van der Waals surface area contributed by atoms with E-state index in [4.69, 9.17) is 0 Å². The van der Waals surface area contributed by atoms with Crippen LogP contribution in [0.25, 0.3) is 0 Å². The molecule has 26 heavy (non-hydrogen) atoms. The fourth-order valence-electron chi connectivity index (χ4n) is 2.96. The summed E-state index contributed by atoms with van der Waals surface area (Å²) in [5, 5.41) is 23.9. The molecule has 0 spiro atoms. The molecule has 0 amide bonds. The van der Waals surface area contributed by atoms with E-state index in [1.54, 1.807) is 30.3 Å². The molecule has 3 N–H and O–H groups in total. The minimum atomic E-state index is -3.78. The summed E-state index contributed by atoms with van der Waals surface area (Å²) in [4.78, 5) is 0.121. The van der Waals surface area contributed by atoms with Gasteiger partial charge < -0.3 is 15.5 Å². The minimum Gasteiger partial charge on any atom is -0.389 e. The number of nitrogens with zero attached hydrogens (tertiary/aromatic N) is 1. The van der Waals surface area contributed by atoms with Gasteiger partial charge >= 0.3 is 0 Å². The van der Waals surface area contributed by atoms with E-state index in [-0.39, 0.29) is 30.3 Å². The van der Waals surface area contributed by atoms with Gasteiger partial charge in [-0.05, 0) is 29.8 Å². The van der Waals surface area contributed by atoms with Crippen molar-refractivity contribution in [3.05, 3.63) is 66.0 Å². The van der Waals surface area contributed by atoms with E-state index >= 15 is 0 Å². The smallest absolute Gasteiger partial charge is 0.243 e. The average molecular weight is 380 g/mol. The van der Waals surface area contributed by atoms with Crippen LogP contribution in [0, 0.1) is 5.82 Å². The lowest BCUT2D eigenvalue weighted by molar-refractivity contribution is -0.0384. The van der Waals surface area contributed by atoms with Gasteiger partial charge in [0.25, 0.3) is 0 Å². The maximum absolute atomic E-state index is 12.9. The molecule has 0 radical (unpaired) electrons. The molecule has 1 fully saturated rings. The highest BCUT2D eigenvalue weighted by atomic mass is 32.2. The Balaban J connectivity index is 1.64. The van der Waals surface area contributed by atoms with Gasteiger partial charge in [0.1, 0.15) is 11.4 Å². The van der Waals surface area contributed by atoms with Gasteiger partial charge in [-0.2, -0.15) is 4.31 Å². The highest BCUT2D eigenvalue weighted by Gasteiger charge is 2.48. The van der Waals surface area contributed by atoms with Crippen LogP contribution in [-0.2, 0) is 16.6 Å². The predicted molar refractivity (Wildman–Crippen MR) is 94.3 cm³/mol. The maximum Gasteiger partial charge on any atom is 0.243 e. The molecular weight excluding hydrogens is 359 g/mol. The third-order valence-electron chi connectivity index (χ3n) is 4.50. The molecule has 2 aromatic carbocycles. The van der Waals surface area contributed by atoms with E-state index in [0.717, 1.165) is 9.87 Å². The van der Waals surface area contributed by atoms with Crippen LogP contribution < -0.4 is 5.32 Å². The first kappa shape index (κ1) is 18.9. The molecule has 2 aromatic rings. The molecule has 140 valence electrons. The molecule has 1 saturated heterocycles. The lowest BCUT2D eigenvalue weighted by atomic mass is 10.0. The SMILES string of the molecule is O=S(=O)(c1ccccc1)N1C[C@@H](O)[C@](O)(CNCc2ccc(F)cc2)C1. The summed E-state index contributed by atoms with van der Waals surface area (Å²) in [7, 11) is -3.78. The molecule has 1 aliphatic rings. The average Bonchev–Trinajstić information content (AvgIpc) is 2.93. The molecule has 0 bridgehead atoms. The monoisotopic (exact) mass is 380 g/mol. The summed E-state index contributed by atoms with van der Waals surface area (Å²) >= 11 is 0. The second kappa shape index (κ2) is 7.42. The molecule has 0 aliphatic carbocycles. The second-order valence-electron chi connectivity index (χ2n) is 6.46. The topological polar surface area (TPSA) is 89.9 Å². The molecule has 3 rings (SSSR count). The zero-order valence-electron chi connectivity index (χ0n) is 14.0. The van der Waals surface area contributed by atoms with Crippen molar-refractivity contribution in [2.75, 3.05) is 19.6 Å². The summed E-state index contributed by atoms with van der Waals surface area (Å²) in [6, 6.07) is 13.8. The first-order valence-corrected chi connectivity index (χ1v) is 9.66. The number of benzene rings is 2. The van der Waals surface area contributed by atoms with Crippen molar-refractivity contribution < 1.29 is 23.0 Å². The van der Waals surface area contributed by atoms with Gasteiger partial charge in [-0.3, -0.25) is 0 Å². The van der Waals surface area contributed by atoms with Gasteiger partial charge in [0.05, 0.1) is 11.0 Å². The number of aliphatic hydroxyl groups is 2. The van der Waals surface area contributed by atoms with Crippen molar-refractivity contribution >= 4 is 10.0 Å². The Morgan fingerprint density at radius 2 is 1.81 bits per heavy atom. The van der Waals surface area contributed by atoms with Crippen LogP contribution in [0.1, 0.15) is 5.56 Å². The number of β-amino-alcohol motifs (C(OH)–C–C–N with tert-alkyl or cyclic N) is 2.